The van der Waals surface area contributed by atoms with Gasteiger partial charge in [0.1, 0.15) is 5.82 Å². The Bertz CT molecular complexity index is 442. The molecule has 0 saturated carbocycles. The minimum Gasteiger partial charge on any atom is -0.357 e. The third kappa shape index (κ3) is 2.85. The van der Waals surface area contributed by atoms with Gasteiger partial charge in [-0.3, -0.25) is 4.79 Å². The van der Waals surface area contributed by atoms with Crippen LogP contribution in [0, 0.1) is 5.95 Å². The molecule has 0 aromatic carbocycles. The largest absolute Gasteiger partial charge is 0.357 e. The number of hydrogen-bond acceptors (Lipinski definition) is 4. The molecular formula is C13H18FN3O. The predicted octanol–water partition coefficient (Wildman–Crippen LogP) is 1.57. The van der Waals surface area contributed by atoms with Gasteiger partial charge in [0.2, 0.25) is 5.95 Å². The molecule has 18 heavy (non-hydrogen) atoms. The highest BCUT2D eigenvalue weighted by atomic mass is 19.1. The second kappa shape index (κ2) is 5.44. The Morgan fingerprint density at radius 3 is 2.61 bits per heavy atom. The molecule has 98 valence electrons. The van der Waals surface area contributed by atoms with E-state index < -0.39 is 5.95 Å². The maximum absolute atomic E-state index is 13.8. The molecule has 1 aliphatic rings. The van der Waals surface area contributed by atoms with Gasteiger partial charge in [0, 0.05) is 13.1 Å². The minimum atomic E-state index is -0.661. The maximum Gasteiger partial charge on any atom is 0.225 e. The van der Waals surface area contributed by atoms with Crippen molar-refractivity contribution in [3.63, 3.8) is 0 Å². The molecule has 0 atom stereocenters. The molecule has 1 saturated heterocycles. The third-order valence-electron chi connectivity index (χ3n) is 3.02. The van der Waals surface area contributed by atoms with Crippen LogP contribution in [0.2, 0.25) is 0 Å². The monoisotopic (exact) mass is 251 g/mol. The van der Waals surface area contributed by atoms with Crippen LogP contribution in [0.5, 0.6) is 0 Å². The summed E-state index contributed by atoms with van der Waals surface area (Å²) in [5.41, 5.74) is 0.0756. The predicted molar refractivity (Wildman–Crippen MR) is 68.5 cm³/mol. The van der Waals surface area contributed by atoms with Crippen LogP contribution in [0.1, 0.15) is 23.2 Å². The van der Waals surface area contributed by atoms with Crippen molar-refractivity contribution in [1.82, 2.24) is 9.88 Å². The minimum absolute atomic E-state index is 0.0756. The van der Waals surface area contributed by atoms with E-state index in [0.717, 1.165) is 25.9 Å². The van der Waals surface area contributed by atoms with Crippen LogP contribution in [0.25, 0.3) is 0 Å². The van der Waals surface area contributed by atoms with Gasteiger partial charge in [-0.15, -0.1) is 0 Å². The van der Waals surface area contributed by atoms with Crippen LogP contribution >= 0.6 is 0 Å². The van der Waals surface area contributed by atoms with E-state index >= 15 is 0 Å². The first-order chi connectivity index (χ1) is 8.58. The summed E-state index contributed by atoms with van der Waals surface area (Å²) in [5.74, 6) is -0.268. The van der Waals surface area contributed by atoms with Crippen molar-refractivity contribution >= 4 is 11.6 Å². The van der Waals surface area contributed by atoms with Crippen molar-refractivity contribution < 1.29 is 9.18 Å². The van der Waals surface area contributed by atoms with E-state index in [-0.39, 0.29) is 17.9 Å². The number of halogens is 1. The molecule has 0 unspecified atom stereocenters. The molecule has 0 aliphatic carbocycles. The normalized spacial score (nSPS) is 15.4. The summed E-state index contributed by atoms with van der Waals surface area (Å²) in [6, 6.07) is 3.28. The average molecular weight is 251 g/mol. The van der Waals surface area contributed by atoms with Crippen LogP contribution in [0.4, 0.5) is 10.2 Å². The number of rotatable bonds is 4. The molecule has 5 heteroatoms. The van der Waals surface area contributed by atoms with Crippen LogP contribution in [-0.4, -0.2) is 49.4 Å². The second-order valence-corrected chi connectivity index (χ2v) is 4.86. The first-order valence-corrected chi connectivity index (χ1v) is 6.17. The summed E-state index contributed by atoms with van der Waals surface area (Å²) in [6.45, 7) is 2.02. The number of carbonyl (C=O) groups excluding carboxylic acids is 1. The van der Waals surface area contributed by atoms with E-state index in [0.29, 0.717) is 5.82 Å². The molecule has 0 amide bonds. The number of anilines is 1. The van der Waals surface area contributed by atoms with E-state index in [9.17, 15) is 9.18 Å². The summed E-state index contributed by atoms with van der Waals surface area (Å²) < 4.78 is 13.8. The van der Waals surface area contributed by atoms with Gasteiger partial charge in [-0.2, -0.15) is 4.39 Å². The maximum atomic E-state index is 13.8. The molecule has 2 heterocycles. The summed E-state index contributed by atoms with van der Waals surface area (Å²) in [4.78, 5) is 19.4. The Kier molecular flexibility index (Phi) is 3.91. The third-order valence-corrected chi connectivity index (χ3v) is 3.02. The number of pyridine rings is 1. The lowest BCUT2D eigenvalue weighted by Gasteiger charge is -2.16. The zero-order valence-electron chi connectivity index (χ0n) is 10.8. The smallest absolute Gasteiger partial charge is 0.225 e. The molecule has 0 radical (unpaired) electrons. The van der Waals surface area contributed by atoms with Crippen molar-refractivity contribution in [2.75, 3.05) is 38.6 Å². The van der Waals surface area contributed by atoms with Crippen molar-refractivity contribution in [3.8, 4) is 0 Å². The Labute approximate surface area is 106 Å². The molecule has 4 nitrogen and oxygen atoms in total. The Morgan fingerprint density at radius 2 is 2.06 bits per heavy atom. The lowest BCUT2D eigenvalue weighted by atomic mass is 10.1. The van der Waals surface area contributed by atoms with E-state index in [2.05, 4.69) is 4.98 Å². The number of hydrogen-bond donors (Lipinski definition) is 0. The highest BCUT2D eigenvalue weighted by Gasteiger charge is 2.18. The molecule has 1 aliphatic heterocycles. The zero-order valence-corrected chi connectivity index (χ0v) is 10.8. The fourth-order valence-corrected chi connectivity index (χ4v) is 2.13. The Hall–Kier alpha value is -1.49. The van der Waals surface area contributed by atoms with Crippen molar-refractivity contribution in [2.45, 2.75) is 12.8 Å². The summed E-state index contributed by atoms with van der Waals surface area (Å²) >= 11 is 0. The highest BCUT2D eigenvalue weighted by molar-refractivity contribution is 5.97. The first-order valence-electron chi connectivity index (χ1n) is 6.17. The molecule has 1 aromatic rings. The first kappa shape index (κ1) is 13.0. The zero-order chi connectivity index (χ0) is 13.1. The number of nitrogens with zero attached hydrogens (tertiary/aromatic N) is 3. The quantitative estimate of drug-likeness (QED) is 0.601. The van der Waals surface area contributed by atoms with E-state index in [1.807, 2.05) is 4.90 Å². The molecule has 2 rings (SSSR count). The summed E-state index contributed by atoms with van der Waals surface area (Å²) in [5, 5.41) is 0. The molecule has 0 N–H and O–H groups in total. The highest BCUT2D eigenvalue weighted by Crippen LogP contribution is 2.19. The van der Waals surface area contributed by atoms with Gasteiger partial charge < -0.3 is 9.80 Å². The van der Waals surface area contributed by atoms with Gasteiger partial charge in [0.25, 0.3) is 0 Å². The number of likely N-dealkylation sites (N-methyl/N-ethyl adjacent to an activating group) is 1. The summed E-state index contributed by atoms with van der Waals surface area (Å²) in [7, 11) is 3.56. The standard InChI is InChI=1S/C13H18FN3O/c1-16(2)9-11(18)10-5-6-12(15-13(10)14)17-7-3-4-8-17/h5-6H,3-4,7-9H2,1-2H3. The van der Waals surface area contributed by atoms with Crippen LogP contribution < -0.4 is 4.90 Å². The molecule has 1 fully saturated rings. The number of carbonyl (C=O) groups is 1. The fraction of sp³-hybridized carbons (Fsp3) is 0.538. The van der Waals surface area contributed by atoms with Crippen LogP contribution in [-0.2, 0) is 0 Å². The van der Waals surface area contributed by atoms with Gasteiger partial charge in [-0.1, -0.05) is 0 Å². The Balaban J connectivity index is 2.16. The molecule has 1 aromatic heterocycles. The van der Waals surface area contributed by atoms with E-state index in [4.69, 9.17) is 0 Å². The molecular weight excluding hydrogens is 233 g/mol. The number of Topliss-reactive ketones (excluding diaryl/α,β-unsaturated/α-hetero) is 1. The van der Waals surface area contributed by atoms with Crippen LogP contribution in [0.15, 0.2) is 12.1 Å². The topological polar surface area (TPSA) is 36.4 Å². The number of aromatic nitrogens is 1. The van der Waals surface area contributed by atoms with Gasteiger partial charge in [0.15, 0.2) is 5.78 Å². The summed E-state index contributed by atoms with van der Waals surface area (Å²) in [6.07, 6.45) is 2.23. The second-order valence-electron chi connectivity index (χ2n) is 4.86. The van der Waals surface area contributed by atoms with Gasteiger partial charge in [-0.05, 0) is 39.1 Å². The SMILES string of the molecule is CN(C)CC(=O)c1ccc(N2CCCC2)nc1F. The van der Waals surface area contributed by atoms with Gasteiger partial charge in [0.05, 0.1) is 12.1 Å². The average Bonchev–Trinajstić information content (AvgIpc) is 2.80. The van der Waals surface area contributed by atoms with Crippen LogP contribution in [0.3, 0.4) is 0 Å². The molecule has 0 spiro atoms. The van der Waals surface area contributed by atoms with E-state index in [1.54, 1.807) is 31.1 Å². The lowest BCUT2D eigenvalue weighted by Crippen LogP contribution is -2.24. The lowest BCUT2D eigenvalue weighted by molar-refractivity contribution is 0.0953. The van der Waals surface area contributed by atoms with E-state index in [1.165, 1.54) is 0 Å². The fourth-order valence-electron chi connectivity index (χ4n) is 2.13. The van der Waals surface area contributed by atoms with Gasteiger partial charge >= 0.3 is 0 Å². The Morgan fingerprint density at radius 1 is 1.39 bits per heavy atom. The van der Waals surface area contributed by atoms with Crippen molar-refractivity contribution in [1.29, 1.82) is 0 Å². The van der Waals surface area contributed by atoms with Gasteiger partial charge in [-0.25, -0.2) is 4.98 Å². The van der Waals surface area contributed by atoms with Crippen molar-refractivity contribution in [2.24, 2.45) is 0 Å². The van der Waals surface area contributed by atoms with Crippen molar-refractivity contribution in [3.05, 3.63) is 23.6 Å². The number of ketones is 1. The molecule has 0 bridgehead atoms.